The first-order chi connectivity index (χ1) is 13.8. The van der Waals surface area contributed by atoms with Gasteiger partial charge < -0.3 is 19.7 Å². The number of hydrogen-bond acceptors (Lipinski definition) is 4. The summed E-state index contributed by atoms with van der Waals surface area (Å²) in [5.74, 6) is 0.512. The average molecular weight is 543 g/mol. The smallest absolute Gasteiger partial charge is 0.411 e. The van der Waals surface area contributed by atoms with Crippen LogP contribution in [0.4, 0.5) is 13.2 Å². The van der Waals surface area contributed by atoms with Crippen LogP contribution in [0, 0.1) is 5.92 Å². The molecular formula is C20H29F3IN3O3. The number of nitrogens with zero attached hydrogens (tertiary/aromatic N) is 2. The quantitative estimate of drug-likeness (QED) is 0.246. The third-order valence-corrected chi connectivity index (χ3v) is 4.60. The van der Waals surface area contributed by atoms with Crippen molar-refractivity contribution in [1.82, 2.24) is 10.2 Å². The second-order valence-corrected chi connectivity index (χ2v) is 6.88. The highest BCUT2D eigenvalue weighted by atomic mass is 127. The highest BCUT2D eigenvalue weighted by Gasteiger charge is 2.28. The predicted molar refractivity (Wildman–Crippen MR) is 119 cm³/mol. The first kappa shape index (κ1) is 26.5. The number of benzene rings is 1. The van der Waals surface area contributed by atoms with Crippen LogP contribution in [0.5, 0.6) is 0 Å². The molecule has 10 heteroatoms. The van der Waals surface area contributed by atoms with E-state index in [0.717, 1.165) is 11.5 Å². The van der Waals surface area contributed by atoms with Crippen molar-refractivity contribution in [2.45, 2.75) is 39.1 Å². The molecule has 1 heterocycles. The number of alkyl halides is 3. The number of ether oxygens (including phenoxy) is 2. The minimum absolute atomic E-state index is 0. The Kier molecular flexibility index (Phi) is 11.5. The molecule has 0 radical (unpaired) electrons. The molecule has 0 bridgehead atoms. The third kappa shape index (κ3) is 9.07. The summed E-state index contributed by atoms with van der Waals surface area (Å²) in [6, 6.07) is 7.19. The summed E-state index contributed by atoms with van der Waals surface area (Å²) < 4.78 is 46.2. The lowest BCUT2D eigenvalue weighted by atomic mass is 9.97. The molecule has 0 atom stereocenters. The number of carbonyl (C=O) groups excluding carboxylic acids is 1. The monoisotopic (exact) mass is 543 g/mol. The second kappa shape index (κ2) is 13.0. The Morgan fingerprint density at radius 1 is 1.27 bits per heavy atom. The van der Waals surface area contributed by atoms with Crippen molar-refractivity contribution in [1.29, 1.82) is 0 Å². The Balaban J connectivity index is 0.00000450. The first-order valence-corrected chi connectivity index (χ1v) is 9.65. The summed E-state index contributed by atoms with van der Waals surface area (Å²) in [7, 11) is 1.41. The molecule has 170 valence electrons. The lowest BCUT2D eigenvalue weighted by molar-refractivity contribution is -0.176. The molecule has 0 unspecified atom stereocenters. The van der Waals surface area contributed by atoms with Crippen molar-refractivity contribution in [2.24, 2.45) is 10.9 Å². The van der Waals surface area contributed by atoms with Gasteiger partial charge >= 0.3 is 12.1 Å². The lowest BCUT2D eigenvalue weighted by Gasteiger charge is -2.33. The number of hydrogen-bond donors (Lipinski definition) is 1. The van der Waals surface area contributed by atoms with Crippen molar-refractivity contribution < 1.29 is 27.4 Å². The zero-order chi connectivity index (χ0) is 21.3. The van der Waals surface area contributed by atoms with Gasteiger partial charge in [-0.05, 0) is 30.9 Å². The van der Waals surface area contributed by atoms with Crippen LogP contribution in [0.25, 0.3) is 0 Å². The summed E-state index contributed by atoms with van der Waals surface area (Å²) in [6.07, 6.45) is -2.91. The van der Waals surface area contributed by atoms with Gasteiger partial charge in [0.1, 0.15) is 6.61 Å². The molecule has 30 heavy (non-hydrogen) atoms. The molecule has 1 aromatic rings. The molecule has 1 N–H and O–H groups in total. The predicted octanol–water partition coefficient (Wildman–Crippen LogP) is 3.73. The van der Waals surface area contributed by atoms with Crippen molar-refractivity contribution in [2.75, 3.05) is 33.4 Å². The van der Waals surface area contributed by atoms with E-state index in [1.165, 1.54) is 7.11 Å². The van der Waals surface area contributed by atoms with Gasteiger partial charge in [-0.15, -0.1) is 24.0 Å². The number of carbonyl (C=O) groups is 1. The van der Waals surface area contributed by atoms with Gasteiger partial charge in [0.05, 0.1) is 26.2 Å². The van der Waals surface area contributed by atoms with Gasteiger partial charge in [0, 0.05) is 19.6 Å². The third-order valence-electron chi connectivity index (χ3n) is 4.60. The van der Waals surface area contributed by atoms with Crippen LogP contribution in [0.15, 0.2) is 29.3 Å². The molecule has 1 aromatic carbocycles. The summed E-state index contributed by atoms with van der Waals surface area (Å²) in [6.45, 7) is 3.14. The molecule has 1 aliphatic heterocycles. The summed E-state index contributed by atoms with van der Waals surface area (Å²) in [4.78, 5) is 18.4. The van der Waals surface area contributed by atoms with E-state index in [-0.39, 0.29) is 42.5 Å². The Morgan fingerprint density at radius 3 is 2.53 bits per heavy atom. The van der Waals surface area contributed by atoms with E-state index in [2.05, 4.69) is 15.2 Å². The van der Waals surface area contributed by atoms with E-state index in [1.54, 1.807) is 18.2 Å². The summed E-state index contributed by atoms with van der Waals surface area (Å²) >= 11 is 0. The zero-order valence-electron chi connectivity index (χ0n) is 17.2. The molecule has 2 rings (SSSR count). The number of guanidine groups is 1. The molecule has 0 saturated carbocycles. The molecule has 0 amide bonds. The van der Waals surface area contributed by atoms with E-state index in [1.807, 2.05) is 13.0 Å². The van der Waals surface area contributed by atoms with Crippen molar-refractivity contribution >= 4 is 35.9 Å². The van der Waals surface area contributed by atoms with Gasteiger partial charge in [-0.25, -0.2) is 4.99 Å². The number of halogens is 4. The number of likely N-dealkylation sites (tertiary alicyclic amines) is 1. The molecule has 0 spiro atoms. The van der Waals surface area contributed by atoms with Crippen LogP contribution in [0.2, 0.25) is 0 Å². The van der Waals surface area contributed by atoms with Crippen LogP contribution < -0.4 is 5.32 Å². The van der Waals surface area contributed by atoms with Gasteiger partial charge in [0.25, 0.3) is 0 Å². The maximum Gasteiger partial charge on any atom is 0.411 e. The highest BCUT2D eigenvalue weighted by Crippen LogP contribution is 2.19. The van der Waals surface area contributed by atoms with E-state index in [0.29, 0.717) is 44.6 Å². The van der Waals surface area contributed by atoms with Crippen LogP contribution in [-0.2, 0) is 27.4 Å². The fourth-order valence-electron chi connectivity index (χ4n) is 3.19. The van der Waals surface area contributed by atoms with Gasteiger partial charge in [-0.3, -0.25) is 4.79 Å². The SMILES string of the molecule is CCNC(=NCc1cccc(COCC(F)(F)F)c1)N1CCC(C(=O)OC)CC1.I. The van der Waals surface area contributed by atoms with E-state index < -0.39 is 12.8 Å². The zero-order valence-corrected chi connectivity index (χ0v) is 19.5. The fourth-order valence-corrected chi connectivity index (χ4v) is 3.19. The molecule has 1 aliphatic rings. The average Bonchev–Trinajstić information content (AvgIpc) is 2.70. The van der Waals surface area contributed by atoms with E-state index in [9.17, 15) is 18.0 Å². The van der Waals surface area contributed by atoms with E-state index >= 15 is 0 Å². The molecule has 0 aliphatic carbocycles. The Bertz CT molecular complexity index is 693. The van der Waals surface area contributed by atoms with Gasteiger partial charge in [-0.1, -0.05) is 24.3 Å². The van der Waals surface area contributed by atoms with Gasteiger partial charge in [-0.2, -0.15) is 13.2 Å². The number of esters is 1. The van der Waals surface area contributed by atoms with Crippen molar-refractivity contribution in [3.05, 3.63) is 35.4 Å². The van der Waals surface area contributed by atoms with E-state index in [4.69, 9.17) is 9.47 Å². The largest absolute Gasteiger partial charge is 0.469 e. The van der Waals surface area contributed by atoms with Crippen LogP contribution in [-0.4, -0.2) is 56.4 Å². The number of rotatable bonds is 7. The maximum absolute atomic E-state index is 12.2. The second-order valence-electron chi connectivity index (χ2n) is 6.88. The van der Waals surface area contributed by atoms with Gasteiger partial charge in [0.2, 0.25) is 0 Å². The Hall–Kier alpha value is -1.56. The Morgan fingerprint density at radius 2 is 1.93 bits per heavy atom. The molecule has 1 fully saturated rings. The molecular weight excluding hydrogens is 514 g/mol. The number of methoxy groups -OCH3 is 1. The highest BCUT2D eigenvalue weighted by molar-refractivity contribution is 14.0. The van der Waals surface area contributed by atoms with Crippen LogP contribution in [0.3, 0.4) is 0 Å². The van der Waals surface area contributed by atoms with Gasteiger partial charge in [0.15, 0.2) is 5.96 Å². The minimum Gasteiger partial charge on any atom is -0.469 e. The van der Waals surface area contributed by atoms with Crippen LogP contribution in [0.1, 0.15) is 30.9 Å². The first-order valence-electron chi connectivity index (χ1n) is 9.65. The van der Waals surface area contributed by atoms with Crippen molar-refractivity contribution in [3.8, 4) is 0 Å². The topological polar surface area (TPSA) is 63.2 Å². The van der Waals surface area contributed by atoms with Crippen molar-refractivity contribution in [3.63, 3.8) is 0 Å². The number of aliphatic imine (C=N–C) groups is 1. The number of piperidine rings is 1. The molecule has 1 saturated heterocycles. The molecule has 6 nitrogen and oxygen atoms in total. The Labute approximate surface area is 192 Å². The fraction of sp³-hybridized carbons (Fsp3) is 0.600. The standard InChI is InChI=1S/C20H28F3N3O3.HI/c1-3-24-19(26-9-7-17(8-10-26)18(27)28-2)25-12-15-5-4-6-16(11-15)13-29-14-20(21,22)23;/h4-6,11,17H,3,7-10,12-14H2,1-2H3,(H,24,25);1H. The summed E-state index contributed by atoms with van der Waals surface area (Å²) in [5.41, 5.74) is 1.56. The minimum atomic E-state index is -4.33. The van der Waals surface area contributed by atoms with Crippen LogP contribution >= 0.6 is 24.0 Å². The normalized spacial score (nSPS) is 15.5. The maximum atomic E-state index is 12.2. The summed E-state index contributed by atoms with van der Waals surface area (Å²) in [5, 5.41) is 3.26. The lowest BCUT2D eigenvalue weighted by Crippen LogP contribution is -2.46. The number of nitrogens with one attached hydrogen (secondary N) is 1. The molecule has 0 aromatic heterocycles.